The fraction of sp³-hybridized carbons (Fsp3) is 0.438. The van der Waals surface area contributed by atoms with E-state index in [-0.39, 0.29) is 24.8 Å². The van der Waals surface area contributed by atoms with Crippen LogP contribution in [0.1, 0.15) is 42.5 Å². The zero-order chi connectivity index (χ0) is 14.9. The number of carbonyl (C=O) groups excluding carboxylic acids is 2. The van der Waals surface area contributed by atoms with Gasteiger partial charge in [0.1, 0.15) is 5.41 Å². The van der Waals surface area contributed by atoms with Crippen LogP contribution in [0, 0.1) is 16.7 Å². The molecule has 1 aliphatic heterocycles. The van der Waals surface area contributed by atoms with Crippen molar-refractivity contribution >= 4 is 11.6 Å². The molecule has 1 heterocycles. The van der Waals surface area contributed by atoms with Crippen molar-refractivity contribution in [3.05, 3.63) is 23.8 Å². The Kier molecular flexibility index (Phi) is 3.38. The van der Waals surface area contributed by atoms with Crippen LogP contribution in [-0.2, 0) is 4.79 Å². The predicted molar refractivity (Wildman–Crippen MR) is 73.0 cm³/mol. The van der Waals surface area contributed by atoms with E-state index < -0.39 is 5.41 Å². The van der Waals surface area contributed by atoms with Gasteiger partial charge in [-0.25, -0.2) is 0 Å². The van der Waals surface area contributed by atoms with Gasteiger partial charge in [-0.15, -0.1) is 0 Å². The number of carbonyl (C=O) groups is 2. The standard InChI is InChI=1S/C16H15NO4/c17-9-16(6-1-2-15(16)19)7-5-12(18)11-3-4-13-14(8-11)21-10-20-13/h3-4,8H,1-2,5-7,10H2/t16-/m1/s1. The molecule has 0 unspecified atom stereocenters. The highest BCUT2D eigenvalue weighted by Crippen LogP contribution is 2.39. The van der Waals surface area contributed by atoms with Crippen LogP contribution in [0.3, 0.4) is 0 Å². The molecule has 0 amide bonds. The lowest BCUT2D eigenvalue weighted by Gasteiger charge is -2.17. The van der Waals surface area contributed by atoms with Crippen molar-refractivity contribution in [3.8, 4) is 17.6 Å². The maximum Gasteiger partial charge on any atom is 0.231 e. The molecular weight excluding hydrogens is 270 g/mol. The monoisotopic (exact) mass is 285 g/mol. The summed E-state index contributed by atoms with van der Waals surface area (Å²) in [6.07, 6.45) is 2.25. The summed E-state index contributed by atoms with van der Waals surface area (Å²) in [6, 6.07) is 7.17. The van der Waals surface area contributed by atoms with Gasteiger partial charge in [0.15, 0.2) is 23.1 Å². The molecular formula is C16H15NO4. The number of fused-ring (bicyclic) bond motifs is 1. The number of hydrogen-bond acceptors (Lipinski definition) is 5. The Morgan fingerprint density at radius 3 is 2.86 bits per heavy atom. The molecule has 0 saturated heterocycles. The molecule has 108 valence electrons. The number of ether oxygens (including phenoxy) is 2. The second-order valence-electron chi connectivity index (χ2n) is 5.46. The Morgan fingerprint density at radius 2 is 2.14 bits per heavy atom. The average molecular weight is 285 g/mol. The zero-order valence-electron chi connectivity index (χ0n) is 11.6. The summed E-state index contributed by atoms with van der Waals surface area (Å²) in [7, 11) is 0. The van der Waals surface area contributed by atoms with Gasteiger partial charge in [0.2, 0.25) is 6.79 Å². The minimum Gasteiger partial charge on any atom is -0.454 e. The highest BCUT2D eigenvalue weighted by atomic mass is 16.7. The Balaban J connectivity index is 1.70. The zero-order valence-corrected chi connectivity index (χ0v) is 11.6. The van der Waals surface area contributed by atoms with Crippen LogP contribution < -0.4 is 9.47 Å². The molecule has 1 aromatic carbocycles. The van der Waals surface area contributed by atoms with Crippen LogP contribution >= 0.6 is 0 Å². The molecule has 1 aromatic rings. The summed E-state index contributed by atoms with van der Waals surface area (Å²) in [5, 5.41) is 9.28. The van der Waals surface area contributed by atoms with E-state index in [0.29, 0.717) is 36.3 Å². The van der Waals surface area contributed by atoms with E-state index >= 15 is 0 Å². The van der Waals surface area contributed by atoms with Crippen LogP contribution in [0.5, 0.6) is 11.5 Å². The fourth-order valence-electron chi connectivity index (χ4n) is 2.91. The van der Waals surface area contributed by atoms with Gasteiger partial charge in [-0.1, -0.05) is 0 Å². The van der Waals surface area contributed by atoms with Crippen LogP contribution in [0.4, 0.5) is 0 Å². The Labute approximate surface area is 122 Å². The first-order chi connectivity index (χ1) is 10.1. The van der Waals surface area contributed by atoms with Gasteiger partial charge in [0.05, 0.1) is 6.07 Å². The second-order valence-corrected chi connectivity index (χ2v) is 5.46. The number of rotatable bonds is 4. The molecule has 5 nitrogen and oxygen atoms in total. The van der Waals surface area contributed by atoms with Crippen molar-refractivity contribution in [1.82, 2.24) is 0 Å². The third-order valence-electron chi connectivity index (χ3n) is 4.23. The van der Waals surface area contributed by atoms with E-state index in [2.05, 4.69) is 6.07 Å². The minimum absolute atomic E-state index is 0.0245. The van der Waals surface area contributed by atoms with Gasteiger partial charge in [0.25, 0.3) is 0 Å². The van der Waals surface area contributed by atoms with E-state index in [4.69, 9.17) is 9.47 Å². The highest BCUT2D eigenvalue weighted by Gasteiger charge is 2.42. The molecule has 0 spiro atoms. The molecule has 0 radical (unpaired) electrons. The predicted octanol–water partition coefficient (Wildman–Crippen LogP) is 2.64. The first-order valence-electron chi connectivity index (χ1n) is 7.02. The van der Waals surface area contributed by atoms with Gasteiger partial charge in [-0.05, 0) is 37.5 Å². The Bertz CT molecular complexity index is 646. The topological polar surface area (TPSA) is 76.4 Å². The molecule has 1 aliphatic carbocycles. The molecule has 0 N–H and O–H groups in total. The van der Waals surface area contributed by atoms with E-state index in [9.17, 15) is 14.9 Å². The Hall–Kier alpha value is -2.35. The summed E-state index contributed by atoms with van der Waals surface area (Å²) in [6.45, 7) is 0.166. The van der Waals surface area contributed by atoms with E-state index in [0.717, 1.165) is 6.42 Å². The smallest absolute Gasteiger partial charge is 0.231 e. The number of Topliss-reactive ketones (excluding diaryl/α,β-unsaturated/α-hetero) is 2. The number of hydrogen-bond donors (Lipinski definition) is 0. The maximum atomic E-state index is 12.2. The molecule has 2 aliphatic rings. The van der Waals surface area contributed by atoms with E-state index in [1.165, 1.54) is 0 Å². The Morgan fingerprint density at radius 1 is 1.33 bits per heavy atom. The van der Waals surface area contributed by atoms with Gasteiger partial charge in [0, 0.05) is 18.4 Å². The normalized spacial score (nSPS) is 23.1. The molecule has 5 heteroatoms. The lowest BCUT2D eigenvalue weighted by atomic mass is 9.81. The molecule has 1 atom stereocenters. The van der Waals surface area contributed by atoms with Crippen LogP contribution in [-0.4, -0.2) is 18.4 Å². The van der Waals surface area contributed by atoms with Crippen LogP contribution in [0.25, 0.3) is 0 Å². The first-order valence-corrected chi connectivity index (χ1v) is 7.02. The number of nitrogens with zero attached hydrogens (tertiary/aromatic N) is 1. The second kappa shape index (κ2) is 5.21. The lowest BCUT2D eigenvalue weighted by molar-refractivity contribution is -0.123. The van der Waals surface area contributed by atoms with Gasteiger partial charge < -0.3 is 9.47 Å². The lowest BCUT2D eigenvalue weighted by Crippen LogP contribution is -2.24. The quantitative estimate of drug-likeness (QED) is 0.795. The van der Waals surface area contributed by atoms with Crippen LogP contribution in [0.15, 0.2) is 18.2 Å². The average Bonchev–Trinajstić information content (AvgIpc) is 3.11. The summed E-state index contributed by atoms with van der Waals surface area (Å²) in [4.78, 5) is 24.1. The largest absolute Gasteiger partial charge is 0.454 e. The van der Waals surface area contributed by atoms with E-state index in [1.54, 1.807) is 18.2 Å². The highest BCUT2D eigenvalue weighted by molar-refractivity contribution is 5.97. The van der Waals surface area contributed by atoms with Crippen molar-refractivity contribution in [2.45, 2.75) is 32.1 Å². The van der Waals surface area contributed by atoms with Crippen molar-refractivity contribution in [2.75, 3.05) is 6.79 Å². The van der Waals surface area contributed by atoms with Gasteiger partial charge in [-0.3, -0.25) is 9.59 Å². The summed E-state index contributed by atoms with van der Waals surface area (Å²) < 4.78 is 10.4. The van der Waals surface area contributed by atoms with Crippen molar-refractivity contribution < 1.29 is 19.1 Å². The third kappa shape index (κ3) is 2.38. The molecule has 0 aromatic heterocycles. The fourth-order valence-corrected chi connectivity index (χ4v) is 2.91. The SMILES string of the molecule is N#C[C@]1(CCC(=O)c2ccc3c(c2)OCO3)CCCC1=O. The molecule has 1 fully saturated rings. The maximum absolute atomic E-state index is 12.2. The summed E-state index contributed by atoms with van der Waals surface area (Å²) in [5.41, 5.74) is -0.427. The molecule has 0 bridgehead atoms. The van der Waals surface area contributed by atoms with Crippen molar-refractivity contribution in [3.63, 3.8) is 0 Å². The minimum atomic E-state index is -0.952. The molecule has 3 rings (SSSR count). The van der Waals surface area contributed by atoms with E-state index in [1.807, 2.05) is 0 Å². The summed E-state index contributed by atoms with van der Waals surface area (Å²) in [5.74, 6) is 1.09. The number of nitriles is 1. The number of ketones is 2. The molecule has 21 heavy (non-hydrogen) atoms. The van der Waals surface area contributed by atoms with Crippen molar-refractivity contribution in [1.29, 1.82) is 5.26 Å². The third-order valence-corrected chi connectivity index (χ3v) is 4.23. The first kappa shape index (κ1) is 13.6. The van der Waals surface area contributed by atoms with Gasteiger partial charge >= 0.3 is 0 Å². The number of benzene rings is 1. The van der Waals surface area contributed by atoms with Crippen LogP contribution in [0.2, 0.25) is 0 Å². The van der Waals surface area contributed by atoms with Gasteiger partial charge in [-0.2, -0.15) is 5.26 Å². The van der Waals surface area contributed by atoms with Crippen molar-refractivity contribution in [2.24, 2.45) is 5.41 Å². The summed E-state index contributed by atoms with van der Waals surface area (Å²) >= 11 is 0. The molecule has 1 saturated carbocycles.